The summed E-state index contributed by atoms with van der Waals surface area (Å²) in [5.41, 5.74) is 5.31. The van der Waals surface area contributed by atoms with Crippen LogP contribution in [0.5, 0.6) is 0 Å². The number of unbranched alkanes of at least 4 members (excludes halogenated alkanes) is 1. The van der Waals surface area contributed by atoms with Crippen LogP contribution < -0.4 is 10.5 Å². The summed E-state index contributed by atoms with van der Waals surface area (Å²) in [6.45, 7) is 0.422. The zero-order valence-corrected chi connectivity index (χ0v) is 13.4. The molecule has 0 aliphatic rings. The number of sulfonamides is 1. The first-order chi connectivity index (χ1) is 9.27. The summed E-state index contributed by atoms with van der Waals surface area (Å²) >= 11 is 12.4. The molecule has 114 valence electrons. The number of aliphatic carboxylic acids is 1. The number of halogens is 2. The van der Waals surface area contributed by atoms with Crippen LogP contribution >= 0.6 is 34.5 Å². The summed E-state index contributed by atoms with van der Waals surface area (Å²) in [4.78, 5) is 10.9. The first kappa shape index (κ1) is 17.7. The highest BCUT2D eigenvalue weighted by Gasteiger charge is 2.27. The van der Waals surface area contributed by atoms with Crippen LogP contribution in [0.15, 0.2) is 11.0 Å². The number of carbonyl (C=O) groups is 1. The Hall–Kier alpha value is -0.380. The normalized spacial score (nSPS) is 13.3. The van der Waals surface area contributed by atoms with Gasteiger partial charge in [-0.3, -0.25) is 4.79 Å². The van der Waals surface area contributed by atoms with Crippen molar-refractivity contribution in [2.24, 2.45) is 5.73 Å². The van der Waals surface area contributed by atoms with Gasteiger partial charge in [-0.2, -0.15) is 4.72 Å². The second-order valence-corrected chi connectivity index (χ2v) is 7.95. The van der Waals surface area contributed by atoms with Crippen LogP contribution in [0.4, 0.5) is 0 Å². The lowest BCUT2D eigenvalue weighted by atomic mass is 10.1. The highest BCUT2D eigenvalue weighted by atomic mass is 35.5. The molecule has 0 radical (unpaired) electrons. The number of hydrogen-bond donors (Lipinski definition) is 3. The number of nitrogens with two attached hydrogens (primary N) is 1. The summed E-state index contributed by atoms with van der Waals surface area (Å²) in [6.07, 6.45) is 1.28. The van der Waals surface area contributed by atoms with Gasteiger partial charge in [0.05, 0.1) is 4.34 Å². The van der Waals surface area contributed by atoms with E-state index in [2.05, 4.69) is 4.72 Å². The Labute approximate surface area is 130 Å². The van der Waals surface area contributed by atoms with Crippen molar-refractivity contribution in [2.45, 2.75) is 30.2 Å². The number of nitrogens with one attached hydrogen (secondary N) is 1. The van der Waals surface area contributed by atoms with Gasteiger partial charge in [-0.05, 0) is 25.5 Å². The zero-order chi connectivity index (χ0) is 15.3. The molecule has 1 unspecified atom stereocenters. The quantitative estimate of drug-likeness (QED) is 0.613. The molecule has 0 aliphatic heterocycles. The average molecular weight is 361 g/mol. The number of carboxylic acids is 1. The molecule has 1 atom stereocenters. The second-order valence-electron chi connectivity index (χ2n) is 3.99. The van der Waals surface area contributed by atoms with Crippen molar-refractivity contribution in [3.8, 4) is 0 Å². The fraction of sp³-hybridized carbons (Fsp3) is 0.500. The van der Waals surface area contributed by atoms with E-state index in [4.69, 9.17) is 34.0 Å². The molecule has 0 saturated carbocycles. The van der Waals surface area contributed by atoms with E-state index in [9.17, 15) is 13.2 Å². The number of thiophene rings is 1. The molecule has 0 saturated heterocycles. The number of rotatable bonds is 8. The minimum absolute atomic E-state index is 0.00593. The van der Waals surface area contributed by atoms with Crippen molar-refractivity contribution in [2.75, 3.05) is 6.54 Å². The minimum Gasteiger partial charge on any atom is -0.480 e. The molecule has 0 aromatic carbocycles. The van der Waals surface area contributed by atoms with E-state index in [1.807, 2.05) is 0 Å². The Morgan fingerprint density at radius 1 is 1.45 bits per heavy atom. The van der Waals surface area contributed by atoms with Crippen molar-refractivity contribution in [1.82, 2.24) is 4.72 Å². The van der Waals surface area contributed by atoms with E-state index in [0.29, 0.717) is 19.4 Å². The maximum absolute atomic E-state index is 12.1. The molecule has 1 rings (SSSR count). The first-order valence-corrected chi connectivity index (χ1v) is 8.73. The lowest BCUT2D eigenvalue weighted by molar-refractivity contribution is -0.139. The molecule has 6 nitrogen and oxygen atoms in total. The Morgan fingerprint density at radius 2 is 2.10 bits per heavy atom. The van der Waals surface area contributed by atoms with Gasteiger partial charge in [-0.15, -0.1) is 11.3 Å². The van der Waals surface area contributed by atoms with Gasteiger partial charge in [0.15, 0.2) is 0 Å². The molecule has 20 heavy (non-hydrogen) atoms. The monoisotopic (exact) mass is 360 g/mol. The van der Waals surface area contributed by atoms with Crippen LogP contribution in [-0.2, 0) is 14.8 Å². The highest BCUT2D eigenvalue weighted by Crippen LogP contribution is 2.34. The largest absolute Gasteiger partial charge is 0.480 e. The highest BCUT2D eigenvalue weighted by molar-refractivity contribution is 7.89. The molecule has 4 N–H and O–H groups in total. The SMILES string of the molecule is NCCCCC(NS(=O)(=O)c1cc(Cl)sc1Cl)C(=O)O. The van der Waals surface area contributed by atoms with Gasteiger partial charge in [-0.25, -0.2) is 8.42 Å². The van der Waals surface area contributed by atoms with Gasteiger partial charge in [0.1, 0.15) is 15.3 Å². The summed E-state index contributed by atoms with van der Waals surface area (Å²) in [6, 6.07) is -0.0309. The molecule has 1 heterocycles. The van der Waals surface area contributed by atoms with Crippen LogP contribution in [-0.4, -0.2) is 32.1 Å². The predicted octanol–water partition coefficient (Wildman–Crippen LogP) is 1.92. The fourth-order valence-corrected chi connectivity index (χ4v) is 4.86. The summed E-state index contributed by atoms with van der Waals surface area (Å²) in [5, 5.41) is 9.04. The Bertz CT molecular complexity index is 574. The Balaban J connectivity index is 2.86. The van der Waals surface area contributed by atoms with E-state index < -0.39 is 22.0 Å². The summed E-state index contributed by atoms with van der Waals surface area (Å²) in [5.74, 6) is -1.25. The smallest absolute Gasteiger partial charge is 0.321 e. The average Bonchev–Trinajstić information content (AvgIpc) is 2.68. The molecule has 0 spiro atoms. The third kappa shape index (κ3) is 4.87. The van der Waals surface area contributed by atoms with Gasteiger partial charge in [-0.1, -0.05) is 29.6 Å². The van der Waals surface area contributed by atoms with Gasteiger partial charge in [0.2, 0.25) is 10.0 Å². The van der Waals surface area contributed by atoms with Crippen LogP contribution in [0.1, 0.15) is 19.3 Å². The van der Waals surface area contributed by atoms with Crippen molar-refractivity contribution in [3.63, 3.8) is 0 Å². The van der Waals surface area contributed by atoms with Crippen molar-refractivity contribution in [1.29, 1.82) is 0 Å². The molecule has 0 amide bonds. The second kappa shape index (κ2) is 7.58. The molecule has 10 heteroatoms. The molecule has 0 aliphatic carbocycles. The van der Waals surface area contributed by atoms with E-state index in [0.717, 1.165) is 11.3 Å². The molecular formula is C10H14Cl2N2O4S2. The van der Waals surface area contributed by atoms with Gasteiger partial charge in [0.25, 0.3) is 0 Å². The molecule has 1 aromatic heterocycles. The number of hydrogen-bond acceptors (Lipinski definition) is 5. The van der Waals surface area contributed by atoms with E-state index in [1.54, 1.807) is 0 Å². The third-order valence-electron chi connectivity index (χ3n) is 2.46. The predicted molar refractivity (Wildman–Crippen MR) is 79.0 cm³/mol. The maximum Gasteiger partial charge on any atom is 0.321 e. The van der Waals surface area contributed by atoms with E-state index in [-0.39, 0.29) is 20.0 Å². The maximum atomic E-state index is 12.1. The minimum atomic E-state index is -4.02. The van der Waals surface area contributed by atoms with Crippen molar-refractivity contribution >= 4 is 50.5 Å². The summed E-state index contributed by atoms with van der Waals surface area (Å²) in [7, 11) is -4.02. The van der Waals surface area contributed by atoms with Gasteiger partial charge in [0, 0.05) is 0 Å². The molecule has 1 aromatic rings. The Morgan fingerprint density at radius 3 is 2.55 bits per heavy atom. The van der Waals surface area contributed by atoms with E-state index in [1.165, 1.54) is 6.07 Å². The molecule has 0 fully saturated rings. The van der Waals surface area contributed by atoms with Crippen LogP contribution in [0.25, 0.3) is 0 Å². The summed E-state index contributed by atoms with van der Waals surface area (Å²) < 4.78 is 26.5. The fourth-order valence-electron chi connectivity index (χ4n) is 1.48. The topological polar surface area (TPSA) is 109 Å². The van der Waals surface area contributed by atoms with Crippen LogP contribution in [0, 0.1) is 0 Å². The zero-order valence-electron chi connectivity index (χ0n) is 10.3. The Kier molecular flexibility index (Phi) is 6.70. The van der Waals surface area contributed by atoms with Crippen molar-refractivity contribution in [3.05, 3.63) is 14.7 Å². The van der Waals surface area contributed by atoms with Gasteiger partial charge >= 0.3 is 5.97 Å². The number of carboxylic acid groups (broad SMARTS) is 1. The lowest BCUT2D eigenvalue weighted by Gasteiger charge is -2.14. The first-order valence-electron chi connectivity index (χ1n) is 5.68. The van der Waals surface area contributed by atoms with Crippen molar-refractivity contribution < 1.29 is 18.3 Å². The standard InChI is InChI=1S/C10H14Cl2N2O4S2/c11-8-5-7(9(12)19-8)20(17,18)14-6(10(15)16)3-1-2-4-13/h5-6,14H,1-4,13H2,(H,15,16). The lowest BCUT2D eigenvalue weighted by Crippen LogP contribution is -2.40. The van der Waals surface area contributed by atoms with Crippen LogP contribution in [0.3, 0.4) is 0 Å². The van der Waals surface area contributed by atoms with Gasteiger partial charge < -0.3 is 10.8 Å². The third-order valence-corrected chi connectivity index (χ3v) is 5.68. The molecular weight excluding hydrogens is 347 g/mol. The van der Waals surface area contributed by atoms with Crippen LogP contribution in [0.2, 0.25) is 8.67 Å². The van der Waals surface area contributed by atoms with E-state index >= 15 is 0 Å². The molecule has 0 bridgehead atoms.